The number of aromatic amines is 2. The Morgan fingerprint density at radius 1 is 0.957 bits per heavy atom. The van der Waals surface area contributed by atoms with Gasteiger partial charge in [0.15, 0.2) is 5.69 Å². The number of benzene rings is 2. The second kappa shape index (κ2) is 6.06. The number of hydrogen-bond donors (Lipinski definition) is 2. The lowest BCUT2D eigenvalue weighted by Crippen LogP contribution is -1.96. The van der Waals surface area contributed by atoms with Crippen molar-refractivity contribution in [3.8, 4) is 11.3 Å². The molecule has 8 heteroatoms. The van der Waals surface area contributed by atoms with Gasteiger partial charge in [0.25, 0.3) is 11.2 Å². The van der Waals surface area contributed by atoms with E-state index in [1.165, 1.54) is 18.2 Å². The summed E-state index contributed by atoms with van der Waals surface area (Å²) in [7, 11) is 0. The van der Waals surface area contributed by atoms with Crippen LogP contribution in [0.3, 0.4) is 0 Å². The maximum atomic E-state index is 11.9. The summed E-state index contributed by atoms with van der Waals surface area (Å²) in [5.74, 6) is 0. The highest BCUT2D eigenvalue weighted by atomic mass is 16.6. The number of nitro benzene ring substituents is 1. The van der Waals surface area contributed by atoms with E-state index in [0.717, 1.165) is 0 Å². The Bertz CT molecular complexity index is 928. The fourth-order valence-corrected chi connectivity index (χ4v) is 2.03. The SMILES string of the molecule is O=c1[nH][nH]c(-c2cccc([N+](=O)[O-])c2)c1N=Nc1ccccc1. The molecule has 0 saturated carbocycles. The summed E-state index contributed by atoms with van der Waals surface area (Å²) in [6.45, 7) is 0. The molecular formula is C15H11N5O3. The van der Waals surface area contributed by atoms with Crippen LogP contribution in [0.4, 0.5) is 17.1 Å². The third-order valence-corrected chi connectivity index (χ3v) is 3.12. The monoisotopic (exact) mass is 309 g/mol. The number of nitro groups is 1. The van der Waals surface area contributed by atoms with Crippen molar-refractivity contribution in [3.05, 3.63) is 75.1 Å². The van der Waals surface area contributed by atoms with Crippen LogP contribution in [0.5, 0.6) is 0 Å². The quantitative estimate of drug-likeness (QED) is 0.434. The average Bonchev–Trinajstić information content (AvgIpc) is 2.95. The number of azo groups is 1. The van der Waals surface area contributed by atoms with Gasteiger partial charge in [-0.2, -0.15) is 5.11 Å². The molecule has 0 amide bonds. The zero-order valence-corrected chi connectivity index (χ0v) is 11.8. The Morgan fingerprint density at radius 3 is 2.48 bits per heavy atom. The molecule has 0 aliphatic carbocycles. The van der Waals surface area contributed by atoms with Crippen LogP contribution in [-0.2, 0) is 0 Å². The lowest BCUT2D eigenvalue weighted by molar-refractivity contribution is -0.384. The van der Waals surface area contributed by atoms with Gasteiger partial charge in [0.05, 0.1) is 16.3 Å². The Labute approximate surface area is 129 Å². The van der Waals surface area contributed by atoms with Crippen molar-refractivity contribution in [3.63, 3.8) is 0 Å². The van der Waals surface area contributed by atoms with Gasteiger partial charge >= 0.3 is 0 Å². The molecule has 3 aromatic rings. The largest absolute Gasteiger partial charge is 0.295 e. The van der Waals surface area contributed by atoms with Crippen molar-refractivity contribution in [2.45, 2.75) is 0 Å². The summed E-state index contributed by atoms with van der Waals surface area (Å²) in [5, 5.41) is 23.9. The molecule has 0 fully saturated rings. The van der Waals surface area contributed by atoms with E-state index >= 15 is 0 Å². The second-order valence-corrected chi connectivity index (χ2v) is 4.65. The first-order valence-corrected chi connectivity index (χ1v) is 6.67. The molecule has 0 bridgehead atoms. The number of rotatable bonds is 4. The van der Waals surface area contributed by atoms with Gasteiger partial charge in [-0.25, -0.2) is 0 Å². The minimum absolute atomic E-state index is 0.0642. The van der Waals surface area contributed by atoms with E-state index < -0.39 is 10.5 Å². The average molecular weight is 309 g/mol. The normalized spacial score (nSPS) is 11.0. The van der Waals surface area contributed by atoms with Crippen LogP contribution in [0, 0.1) is 10.1 Å². The third-order valence-electron chi connectivity index (χ3n) is 3.12. The number of non-ortho nitro benzene ring substituents is 1. The van der Waals surface area contributed by atoms with Gasteiger partial charge in [-0.15, -0.1) is 5.11 Å². The summed E-state index contributed by atoms with van der Waals surface area (Å²) in [4.78, 5) is 22.2. The van der Waals surface area contributed by atoms with E-state index in [1.807, 2.05) is 6.07 Å². The van der Waals surface area contributed by atoms with Crippen LogP contribution in [0.1, 0.15) is 0 Å². The first-order valence-electron chi connectivity index (χ1n) is 6.67. The molecule has 3 rings (SSSR count). The van der Waals surface area contributed by atoms with Gasteiger partial charge in [-0.1, -0.05) is 30.3 Å². The lowest BCUT2D eigenvalue weighted by atomic mass is 10.1. The van der Waals surface area contributed by atoms with Crippen molar-refractivity contribution in [2.75, 3.05) is 0 Å². The van der Waals surface area contributed by atoms with E-state index in [4.69, 9.17) is 0 Å². The molecule has 0 spiro atoms. The highest BCUT2D eigenvalue weighted by molar-refractivity contribution is 5.72. The molecule has 2 aromatic carbocycles. The fraction of sp³-hybridized carbons (Fsp3) is 0. The molecule has 0 saturated heterocycles. The van der Waals surface area contributed by atoms with E-state index in [2.05, 4.69) is 20.4 Å². The fourth-order valence-electron chi connectivity index (χ4n) is 2.03. The predicted molar refractivity (Wildman–Crippen MR) is 84.1 cm³/mol. The maximum Gasteiger partial charge on any atom is 0.292 e. The van der Waals surface area contributed by atoms with E-state index in [9.17, 15) is 14.9 Å². The lowest BCUT2D eigenvalue weighted by Gasteiger charge is -1.99. The van der Waals surface area contributed by atoms with Crippen LogP contribution in [0.2, 0.25) is 0 Å². The molecule has 0 unspecified atom stereocenters. The minimum atomic E-state index is -0.501. The Morgan fingerprint density at radius 2 is 1.74 bits per heavy atom. The summed E-state index contributed by atoms with van der Waals surface area (Å²) in [6, 6.07) is 14.9. The highest BCUT2D eigenvalue weighted by Crippen LogP contribution is 2.28. The summed E-state index contributed by atoms with van der Waals surface area (Å²) >= 11 is 0. The van der Waals surface area contributed by atoms with Crippen molar-refractivity contribution in [1.29, 1.82) is 0 Å². The van der Waals surface area contributed by atoms with Crippen LogP contribution in [-0.4, -0.2) is 15.1 Å². The highest BCUT2D eigenvalue weighted by Gasteiger charge is 2.14. The zero-order valence-electron chi connectivity index (χ0n) is 11.8. The van der Waals surface area contributed by atoms with Crippen LogP contribution in [0.25, 0.3) is 11.3 Å². The molecule has 0 aliphatic rings. The summed E-state index contributed by atoms with van der Waals surface area (Å²) in [5.41, 5.74) is 0.951. The molecule has 0 aliphatic heterocycles. The molecule has 8 nitrogen and oxygen atoms in total. The number of nitrogens with zero attached hydrogens (tertiary/aromatic N) is 3. The third kappa shape index (κ3) is 3.05. The number of hydrogen-bond acceptors (Lipinski definition) is 5. The topological polar surface area (TPSA) is 117 Å². The predicted octanol–water partition coefficient (Wildman–Crippen LogP) is 3.69. The Balaban J connectivity index is 2.02. The van der Waals surface area contributed by atoms with E-state index in [0.29, 0.717) is 16.9 Å². The number of H-pyrrole nitrogens is 2. The molecule has 1 heterocycles. The smallest absolute Gasteiger partial charge is 0.292 e. The van der Waals surface area contributed by atoms with Crippen LogP contribution < -0.4 is 5.56 Å². The van der Waals surface area contributed by atoms with Crippen molar-refractivity contribution in [2.24, 2.45) is 10.2 Å². The Kier molecular flexibility index (Phi) is 3.79. The molecule has 0 atom stereocenters. The van der Waals surface area contributed by atoms with Gasteiger partial charge in [-0.05, 0) is 12.1 Å². The number of aromatic nitrogens is 2. The van der Waals surface area contributed by atoms with Gasteiger partial charge in [-0.3, -0.25) is 25.1 Å². The van der Waals surface area contributed by atoms with E-state index in [1.54, 1.807) is 30.3 Å². The Hall–Kier alpha value is -3.55. The summed E-state index contributed by atoms with van der Waals surface area (Å²) < 4.78 is 0. The molecule has 114 valence electrons. The van der Waals surface area contributed by atoms with E-state index in [-0.39, 0.29) is 11.4 Å². The van der Waals surface area contributed by atoms with Crippen molar-refractivity contribution in [1.82, 2.24) is 10.2 Å². The van der Waals surface area contributed by atoms with Crippen molar-refractivity contribution >= 4 is 17.1 Å². The summed E-state index contributed by atoms with van der Waals surface area (Å²) in [6.07, 6.45) is 0. The zero-order chi connectivity index (χ0) is 16.2. The molecule has 23 heavy (non-hydrogen) atoms. The van der Waals surface area contributed by atoms with Gasteiger partial charge in [0.1, 0.15) is 0 Å². The molecule has 0 radical (unpaired) electrons. The van der Waals surface area contributed by atoms with Gasteiger partial charge in [0, 0.05) is 17.7 Å². The first kappa shape index (κ1) is 14.4. The second-order valence-electron chi connectivity index (χ2n) is 4.65. The van der Waals surface area contributed by atoms with Gasteiger partial charge in [0.2, 0.25) is 0 Å². The molecular weight excluding hydrogens is 298 g/mol. The molecule has 1 aromatic heterocycles. The molecule has 2 N–H and O–H groups in total. The standard InChI is InChI=1S/C15H11N5O3/c21-15-14(18-16-11-6-2-1-3-7-11)13(17-19-15)10-5-4-8-12(9-10)20(22)23/h1-9H,(H2,17,19,21). The maximum absolute atomic E-state index is 11.9. The van der Waals surface area contributed by atoms with Crippen LogP contribution >= 0.6 is 0 Å². The van der Waals surface area contributed by atoms with Crippen molar-refractivity contribution < 1.29 is 4.92 Å². The van der Waals surface area contributed by atoms with Gasteiger partial charge < -0.3 is 0 Å². The first-order chi connectivity index (χ1) is 11.1. The minimum Gasteiger partial charge on any atom is -0.295 e. The van der Waals surface area contributed by atoms with Crippen LogP contribution in [0.15, 0.2) is 69.6 Å². The number of nitrogens with one attached hydrogen (secondary N) is 2.